The first-order chi connectivity index (χ1) is 13.2. The van der Waals surface area contributed by atoms with Gasteiger partial charge in [0.2, 0.25) is 5.91 Å². The van der Waals surface area contributed by atoms with Gasteiger partial charge in [0.25, 0.3) is 0 Å². The zero-order chi connectivity index (χ0) is 18.6. The highest BCUT2D eigenvalue weighted by molar-refractivity contribution is 5.76. The second-order valence-electron chi connectivity index (χ2n) is 7.34. The van der Waals surface area contributed by atoms with E-state index in [1.54, 1.807) is 10.8 Å². The molecule has 2 aliphatic heterocycles. The van der Waals surface area contributed by atoms with Crippen molar-refractivity contribution in [3.63, 3.8) is 0 Å². The third-order valence-corrected chi connectivity index (χ3v) is 5.42. The number of pyridine rings is 1. The number of carbonyl (C=O) groups is 1. The Bertz CT molecular complexity index is 836. The summed E-state index contributed by atoms with van der Waals surface area (Å²) in [5.74, 6) is 0.804. The van der Waals surface area contributed by atoms with Crippen LogP contribution in [0.2, 0.25) is 0 Å². The van der Waals surface area contributed by atoms with E-state index in [9.17, 15) is 9.59 Å². The number of piperazine rings is 1. The number of fused-ring (bicyclic) bond motifs is 1. The van der Waals surface area contributed by atoms with Crippen LogP contribution in [0.1, 0.15) is 30.7 Å². The molecule has 0 spiro atoms. The summed E-state index contributed by atoms with van der Waals surface area (Å²) in [6.07, 6.45) is 7.67. The number of amides is 1. The minimum atomic E-state index is -0.143. The van der Waals surface area contributed by atoms with Crippen LogP contribution >= 0.6 is 0 Å². The Balaban J connectivity index is 1.33. The second kappa shape index (κ2) is 8.04. The average molecular weight is 370 g/mol. The lowest BCUT2D eigenvalue weighted by atomic mass is 10.2. The van der Waals surface area contributed by atoms with Gasteiger partial charge in [-0.15, -0.1) is 0 Å². The van der Waals surface area contributed by atoms with Crippen LogP contribution in [0.3, 0.4) is 0 Å². The van der Waals surface area contributed by atoms with E-state index in [2.05, 4.69) is 21.0 Å². The minimum absolute atomic E-state index is 0.0219. The molecule has 2 aromatic heterocycles. The van der Waals surface area contributed by atoms with Gasteiger partial charge in [-0.1, -0.05) is 12.5 Å². The van der Waals surface area contributed by atoms with Crippen LogP contribution in [-0.2, 0) is 30.8 Å². The van der Waals surface area contributed by atoms with Gasteiger partial charge in [-0.25, -0.2) is 9.48 Å². The minimum Gasteiger partial charge on any atom is -0.339 e. The molecule has 0 bridgehead atoms. The standard InChI is InChI=1S/C19H26N6O2/c26-18(15-25-19(27)24-8-3-1-2-6-17(24)21-25)23-11-9-22(10-12-23)14-16-5-4-7-20-13-16/h4-5,7,13H,1-3,6,8-12,14-15H2. The molecule has 4 heterocycles. The molecule has 0 N–H and O–H groups in total. The lowest BCUT2D eigenvalue weighted by molar-refractivity contribution is -0.133. The molecule has 1 saturated heterocycles. The Morgan fingerprint density at radius 2 is 1.93 bits per heavy atom. The molecule has 0 radical (unpaired) electrons. The fourth-order valence-corrected chi connectivity index (χ4v) is 3.86. The summed E-state index contributed by atoms with van der Waals surface area (Å²) in [6, 6.07) is 4.01. The Labute approximate surface area is 158 Å². The molecule has 0 saturated carbocycles. The highest BCUT2D eigenvalue weighted by Gasteiger charge is 2.23. The maximum atomic E-state index is 12.7. The quantitative estimate of drug-likeness (QED) is 0.784. The van der Waals surface area contributed by atoms with Crippen LogP contribution in [-0.4, -0.2) is 61.2 Å². The van der Waals surface area contributed by atoms with Crippen molar-refractivity contribution in [2.45, 2.75) is 45.3 Å². The van der Waals surface area contributed by atoms with Gasteiger partial charge in [-0.05, 0) is 24.5 Å². The topological polar surface area (TPSA) is 76.3 Å². The molecular weight excluding hydrogens is 344 g/mol. The van der Waals surface area contributed by atoms with E-state index < -0.39 is 0 Å². The second-order valence-corrected chi connectivity index (χ2v) is 7.34. The number of nitrogens with zero attached hydrogens (tertiary/aromatic N) is 6. The lowest BCUT2D eigenvalue weighted by Crippen LogP contribution is -2.49. The Kier molecular flexibility index (Phi) is 5.33. The molecular formula is C19H26N6O2. The number of hydrogen-bond donors (Lipinski definition) is 0. The first-order valence-electron chi connectivity index (χ1n) is 9.76. The molecule has 8 heteroatoms. The molecule has 1 fully saturated rings. The molecule has 2 aliphatic rings. The number of rotatable bonds is 4. The first kappa shape index (κ1) is 17.9. The van der Waals surface area contributed by atoms with Gasteiger partial charge in [0.05, 0.1) is 0 Å². The van der Waals surface area contributed by atoms with E-state index in [1.807, 2.05) is 17.2 Å². The van der Waals surface area contributed by atoms with Crippen LogP contribution in [0.25, 0.3) is 0 Å². The predicted octanol–water partition coefficient (Wildman–Crippen LogP) is 0.511. The fourth-order valence-electron chi connectivity index (χ4n) is 3.86. The molecule has 0 aliphatic carbocycles. The van der Waals surface area contributed by atoms with E-state index in [1.165, 1.54) is 10.2 Å². The number of aromatic nitrogens is 4. The van der Waals surface area contributed by atoms with Crippen molar-refractivity contribution in [1.82, 2.24) is 29.1 Å². The van der Waals surface area contributed by atoms with Crippen molar-refractivity contribution in [3.05, 3.63) is 46.4 Å². The van der Waals surface area contributed by atoms with Crippen molar-refractivity contribution >= 4 is 5.91 Å². The van der Waals surface area contributed by atoms with Gasteiger partial charge in [0, 0.05) is 58.1 Å². The van der Waals surface area contributed by atoms with Crippen molar-refractivity contribution in [1.29, 1.82) is 0 Å². The number of carbonyl (C=O) groups excluding carboxylic acids is 1. The average Bonchev–Trinajstić information content (AvgIpc) is 2.86. The molecule has 27 heavy (non-hydrogen) atoms. The van der Waals surface area contributed by atoms with E-state index in [0.29, 0.717) is 13.1 Å². The SMILES string of the molecule is O=C(Cn1nc2n(c1=O)CCCCC2)N1CCN(Cc2cccnc2)CC1. The van der Waals surface area contributed by atoms with Gasteiger partial charge in [-0.3, -0.25) is 19.2 Å². The van der Waals surface area contributed by atoms with Gasteiger partial charge in [0.1, 0.15) is 12.4 Å². The van der Waals surface area contributed by atoms with Crippen LogP contribution in [0, 0.1) is 0 Å². The molecule has 2 aromatic rings. The smallest absolute Gasteiger partial charge is 0.339 e. The van der Waals surface area contributed by atoms with Gasteiger partial charge in [0.15, 0.2) is 0 Å². The Hall–Kier alpha value is -2.48. The Morgan fingerprint density at radius 3 is 2.70 bits per heavy atom. The van der Waals surface area contributed by atoms with Crippen LogP contribution in [0.4, 0.5) is 0 Å². The van der Waals surface area contributed by atoms with E-state index in [-0.39, 0.29) is 18.1 Å². The zero-order valence-corrected chi connectivity index (χ0v) is 15.6. The molecule has 0 unspecified atom stereocenters. The normalized spacial score (nSPS) is 18.1. The molecule has 4 rings (SSSR count). The highest BCUT2D eigenvalue weighted by Crippen LogP contribution is 2.11. The van der Waals surface area contributed by atoms with Crippen molar-refractivity contribution < 1.29 is 4.79 Å². The zero-order valence-electron chi connectivity index (χ0n) is 15.6. The van der Waals surface area contributed by atoms with Crippen molar-refractivity contribution in [2.24, 2.45) is 0 Å². The van der Waals surface area contributed by atoms with Gasteiger partial charge >= 0.3 is 5.69 Å². The summed E-state index contributed by atoms with van der Waals surface area (Å²) in [4.78, 5) is 33.5. The van der Waals surface area contributed by atoms with E-state index in [0.717, 1.165) is 57.7 Å². The summed E-state index contributed by atoms with van der Waals surface area (Å²) in [6.45, 7) is 4.63. The fraction of sp³-hybridized carbons (Fsp3) is 0.579. The maximum Gasteiger partial charge on any atom is 0.346 e. The summed E-state index contributed by atoms with van der Waals surface area (Å²) in [5.41, 5.74) is 1.04. The molecule has 8 nitrogen and oxygen atoms in total. The van der Waals surface area contributed by atoms with Crippen LogP contribution in [0.5, 0.6) is 0 Å². The Morgan fingerprint density at radius 1 is 1.07 bits per heavy atom. The van der Waals surface area contributed by atoms with Gasteiger partial charge < -0.3 is 4.90 Å². The lowest BCUT2D eigenvalue weighted by Gasteiger charge is -2.34. The van der Waals surface area contributed by atoms with Crippen molar-refractivity contribution in [3.8, 4) is 0 Å². The maximum absolute atomic E-state index is 12.7. The predicted molar refractivity (Wildman–Crippen MR) is 100 cm³/mol. The van der Waals surface area contributed by atoms with Crippen LogP contribution in [0.15, 0.2) is 29.3 Å². The molecule has 1 amide bonds. The number of aryl methyl sites for hydroxylation is 1. The summed E-state index contributed by atoms with van der Waals surface area (Å²) in [5, 5.41) is 4.42. The summed E-state index contributed by atoms with van der Waals surface area (Å²) < 4.78 is 3.09. The highest BCUT2D eigenvalue weighted by atomic mass is 16.2. The molecule has 144 valence electrons. The monoisotopic (exact) mass is 370 g/mol. The molecule has 0 atom stereocenters. The van der Waals surface area contributed by atoms with Crippen LogP contribution < -0.4 is 5.69 Å². The first-order valence-corrected chi connectivity index (χ1v) is 9.76. The number of hydrogen-bond acceptors (Lipinski definition) is 5. The summed E-state index contributed by atoms with van der Waals surface area (Å²) >= 11 is 0. The summed E-state index contributed by atoms with van der Waals surface area (Å²) in [7, 11) is 0. The third-order valence-electron chi connectivity index (χ3n) is 5.42. The van der Waals surface area contributed by atoms with E-state index in [4.69, 9.17) is 0 Å². The van der Waals surface area contributed by atoms with Gasteiger partial charge in [-0.2, -0.15) is 5.10 Å². The third kappa shape index (κ3) is 4.10. The van der Waals surface area contributed by atoms with E-state index >= 15 is 0 Å². The largest absolute Gasteiger partial charge is 0.346 e. The van der Waals surface area contributed by atoms with Crippen molar-refractivity contribution in [2.75, 3.05) is 26.2 Å². The molecule has 0 aromatic carbocycles.